The number of hydrogen-bond donors (Lipinski definition) is 2. The fraction of sp³-hybridized carbons (Fsp3) is 0.400. The molecule has 0 saturated heterocycles. The number of aromatic nitrogens is 1. The lowest BCUT2D eigenvalue weighted by Crippen LogP contribution is -1.99. The van der Waals surface area contributed by atoms with Gasteiger partial charge in [0.2, 0.25) is 0 Å². The summed E-state index contributed by atoms with van der Waals surface area (Å²) in [5.41, 5.74) is 11.1. The first-order valence-electron chi connectivity index (χ1n) is 8.63. The summed E-state index contributed by atoms with van der Waals surface area (Å²) < 4.78 is 0. The van der Waals surface area contributed by atoms with Gasteiger partial charge in [0.25, 0.3) is 0 Å². The molecule has 2 nitrogen and oxygen atoms in total. The van der Waals surface area contributed by atoms with Gasteiger partial charge in [-0.1, -0.05) is 26.0 Å². The molecule has 3 heteroatoms. The molecule has 0 radical (unpaired) electrons. The molecule has 1 aromatic carbocycles. The van der Waals surface area contributed by atoms with E-state index in [9.17, 15) is 0 Å². The maximum absolute atomic E-state index is 5.69. The fourth-order valence-corrected chi connectivity index (χ4v) is 3.90. The summed E-state index contributed by atoms with van der Waals surface area (Å²) in [5.74, 6) is 0.608. The van der Waals surface area contributed by atoms with Crippen LogP contribution in [0.1, 0.15) is 50.2 Å². The van der Waals surface area contributed by atoms with E-state index in [0.717, 1.165) is 25.8 Å². The fourth-order valence-electron chi connectivity index (χ4n) is 3.14. The number of rotatable bonds is 7. The minimum Gasteiger partial charge on any atom is -0.354 e. The van der Waals surface area contributed by atoms with Crippen LogP contribution in [0.2, 0.25) is 0 Å². The Morgan fingerprint density at radius 1 is 1.22 bits per heavy atom. The van der Waals surface area contributed by atoms with Gasteiger partial charge in [-0.2, -0.15) is 0 Å². The van der Waals surface area contributed by atoms with Crippen LogP contribution < -0.4 is 5.73 Å². The van der Waals surface area contributed by atoms with E-state index in [4.69, 9.17) is 5.73 Å². The summed E-state index contributed by atoms with van der Waals surface area (Å²) in [4.78, 5) is 4.98. The van der Waals surface area contributed by atoms with Crippen molar-refractivity contribution in [3.63, 3.8) is 0 Å². The first kappa shape index (κ1) is 16.3. The zero-order valence-corrected chi connectivity index (χ0v) is 14.9. The number of hydrogen-bond acceptors (Lipinski definition) is 2. The number of H-pyrrole nitrogens is 1. The first-order valence-corrected chi connectivity index (χ1v) is 9.51. The Kier molecular flexibility index (Phi) is 5.19. The van der Waals surface area contributed by atoms with Gasteiger partial charge in [0.1, 0.15) is 0 Å². The van der Waals surface area contributed by atoms with Gasteiger partial charge >= 0.3 is 0 Å². The molecule has 0 aliphatic rings. The highest BCUT2D eigenvalue weighted by Crippen LogP contribution is 2.35. The van der Waals surface area contributed by atoms with Crippen LogP contribution in [0.4, 0.5) is 0 Å². The molecule has 0 amide bonds. The topological polar surface area (TPSA) is 41.8 Å². The highest BCUT2D eigenvalue weighted by atomic mass is 32.1. The van der Waals surface area contributed by atoms with Crippen LogP contribution in [0.25, 0.3) is 21.5 Å². The molecule has 122 valence electrons. The molecule has 1 unspecified atom stereocenters. The molecule has 0 aliphatic heterocycles. The van der Waals surface area contributed by atoms with Crippen molar-refractivity contribution in [3.05, 3.63) is 46.8 Å². The minimum atomic E-state index is 0.608. The lowest BCUT2D eigenvalue weighted by atomic mass is 9.95. The van der Waals surface area contributed by atoms with E-state index in [2.05, 4.69) is 54.5 Å². The average molecular weight is 327 g/mol. The number of aryl methyl sites for hydroxylation is 1. The predicted octanol–water partition coefficient (Wildman–Crippen LogP) is 5.69. The van der Waals surface area contributed by atoms with Gasteiger partial charge in [0, 0.05) is 10.9 Å². The molecule has 2 aromatic heterocycles. The van der Waals surface area contributed by atoms with Gasteiger partial charge in [-0.05, 0) is 72.9 Å². The van der Waals surface area contributed by atoms with E-state index in [1.54, 1.807) is 11.3 Å². The van der Waals surface area contributed by atoms with Crippen LogP contribution in [-0.2, 0) is 6.42 Å². The summed E-state index contributed by atoms with van der Waals surface area (Å²) in [6.45, 7) is 5.34. The molecular weight excluding hydrogens is 300 g/mol. The maximum Gasteiger partial charge on any atom is 0.0598 e. The Labute approximate surface area is 142 Å². The highest BCUT2D eigenvalue weighted by Gasteiger charge is 2.15. The predicted molar refractivity (Wildman–Crippen MR) is 102 cm³/mol. The average Bonchev–Trinajstić information content (AvgIpc) is 3.21. The van der Waals surface area contributed by atoms with Gasteiger partial charge in [0.05, 0.1) is 10.6 Å². The largest absolute Gasteiger partial charge is 0.354 e. The van der Waals surface area contributed by atoms with Crippen molar-refractivity contribution in [3.8, 4) is 10.6 Å². The summed E-state index contributed by atoms with van der Waals surface area (Å²) in [5, 5.41) is 3.54. The Morgan fingerprint density at radius 2 is 2.09 bits per heavy atom. The second-order valence-corrected chi connectivity index (χ2v) is 7.26. The second-order valence-electron chi connectivity index (χ2n) is 6.32. The molecule has 23 heavy (non-hydrogen) atoms. The minimum absolute atomic E-state index is 0.608. The first-order chi connectivity index (χ1) is 11.2. The van der Waals surface area contributed by atoms with Gasteiger partial charge in [-0.15, -0.1) is 11.3 Å². The van der Waals surface area contributed by atoms with E-state index in [0.29, 0.717) is 5.92 Å². The number of thiophene rings is 1. The molecule has 3 N–H and O–H groups in total. The van der Waals surface area contributed by atoms with Crippen molar-refractivity contribution < 1.29 is 0 Å². The van der Waals surface area contributed by atoms with E-state index in [1.165, 1.54) is 39.0 Å². The van der Waals surface area contributed by atoms with Gasteiger partial charge in [0.15, 0.2) is 0 Å². The van der Waals surface area contributed by atoms with Gasteiger partial charge in [-0.25, -0.2) is 0 Å². The molecule has 0 fully saturated rings. The van der Waals surface area contributed by atoms with Crippen molar-refractivity contribution in [1.29, 1.82) is 0 Å². The third-order valence-corrected chi connectivity index (χ3v) is 5.65. The molecule has 0 aliphatic carbocycles. The maximum atomic E-state index is 5.69. The molecule has 2 heterocycles. The molecule has 0 spiro atoms. The zero-order chi connectivity index (χ0) is 16.2. The second kappa shape index (κ2) is 7.33. The van der Waals surface area contributed by atoms with Gasteiger partial charge in [-0.3, -0.25) is 0 Å². The van der Waals surface area contributed by atoms with Crippen molar-refractivity contribution >= 4 is 22.2 Å². The number of aromatic amines is 1. The molecule has 0 bridgehead atoms. The van der Waals surface area contributed by atoms with Crippen molar-refractivity contribution in [2.24, 2.45) is 5.73 Å². The molecule has 3 aromatic rings. The lowest BCUT2D eigenvalue weighted by Gasteiger charge is -2.09. The normalized spacial score (nSPS) is 12.8. The number of fused-ring (bicyclic) bond motifs is 1. The molecule has 0 saturated carbocycles. The number of unbranched alkanes of at least 4 members (excludes halogenated alkanes) is 1. The van der Waals surface area contributed by atoms with Crippen LogP contribution >= 0.6 is 11.3 Å². The van der Waals surface area contributed by atoms with Crippen LogP contribution in [0.3, 0.4) is 0 Å². The van der Waals surface area contributed by atoms with Crippen molar-refractivity contribution in [2.45, 2.75) is 45.4 Å². The third-order valence-electron chi connectivity index (χ3n) is 4.76. The lowest BCUT2D eigenvalue weighted by molar-refractivity contribution is 0.734. The summed E-state index contributed by atoms with van der Waals surface area (Å²) >= 11 is 1.80. The zero-order valence-electron chi connectivity index (χ0n) is 14.1. The van der Waals surface area contributed by atoms with E-state index >= 15 is 0 Å². The number of nitrogens with one attached hydrogen (secondary N) is 1. The van der Waals surface area contributed by atoms with E-state index in [1.807, 2.05) is 0 Å². The van der Waals surface area contributed by atoms with Crippen LogP contribution in [-0.4, -0.2) is 11.5 Å². The van der Waals surface area contributed by atoms with Crippen LogP contribution in [0.15, 0.2) is 35.7 Å². The summed E-state index contributed by atoms with van der Waals surface area (Å²) in [7, 11) is 0. The van der Waals surface area contributed by atoms with Crippen molar-refractivity contribution in [2.75, 3.05) is 6.54 Å². The third kappa shape index (κ3) is 3.36. The summed E-state index contributed by atoms with van der Waals surface area (Å²) in [6.07, 6.45) is 4.50. The number of nitrogens with two attached hydrogens (primary N) is 1. The standard InChI is InChI=1S/C20H26N2S/c1-3-14(2)15-9-10-18-17(13-15)16(7-4-5-11-21)20(22-18)19-8-6-12-23-19/h6,8-10,12-14,22H,3-5,7,11,21H2,1-2H3. The number of benzene rings is 1. The van der Waals surface area contributed by atoms with Crippen LogP contribution in [0, 0.1) is 0 Å². The van der Waals surface area contributed by atoms with E-state index in [-0.39, 0.29) is 0 Å². The van der Waals surface area contributed by atoms with Gasteiger partial charge < -0.3 is 10.7 Å². The Morgan fingerprint density at radius 3 is 2.78 bits per heavy atom. The SMILES string of the molecule is CCC(C)c1ccc2[nH]c(-c3cccs3)c(CCCCN)c2c1. The Hall–Kier alpha value is -1.58. The Bertz CT molecular complexity index is 755. The smallest absolute Gasteiger partial charge is 0.0598 e. The molecule has 1 atom stereocenters. The molecular formula is C20H26N2S. The monoisotopic (exact) mass is 326 g/mol. The van der Waals surface area contributed by atoms with Crippen LogP contribution in [0.5, 0.6) is 0 Å². The molecule has 3 rings (SSSR count). The van der Waals surface area contributed by atoms with Crippen molar-refractivity contribution in [1.82, 2.24) is 4.98 Å². The van der Waals surface area contributed by atoms with E-state index < -0.39 is 0 Å². The summed E-state index contributed by atoms with van der Waals surface area (Å²) in [6, 6.07) is 11.3. The Balaban J connectivity index is 2.08. The highest BCUT2D eigenvalue weighted by molar-refractivity contribution is 7.13. The quantitative estimate of drug-likeness (QED) is 0.538.